The summed E-state index contributed by atoms with van der Waals surface area (Å²) in [6.45, 7) is 1.90. The molecule has 5 aromatic rings. The predicted octanol–water partition coefficient (Wildman–Crippen LogP) is 4.51. The van der Waals surface area contributed by atoms with E-state index in [1.807, 2.05) is 72.1 Å². The molecule has 4 aromatic heterocycles. The van der Waals surface area contributed by atoms with Crippen molar-refractivity contribution in [3.63, 3.8) is 0 Å². The van der Waals surface area contributed by atoms with E-state index in [2.05, 4.69) is 20.3 Å². The number of amides is 1. The minimum atomic E-state index is -0.242. The summed E-state index contributed by atoms with van der Waals surface area (Å²) in [4.78, 5) is 26.7. The Labute approximate surface area is 178 Å². The van der Waals surface area contributed by atoms with Crippen molar-refractivity contribution >= 4 is 28.1 Å². The standard InChI is InChI=1S/C24H19N5O2/c1-15-6-9-17(13-25-15)28-24(30)20-19-5-3-4-12-29(19)23-21(20)22(26-14-27-23)16-7-10-18(31-2)11-8-16/h3-14H,1-2H3,(H,28,30). The highest BCUT2D eigenvalue weighted by Crippen LogP contribution is 2.33. The number of carbonyl (C=O) groups is 1. The Kier molecular flexibility index (Phi) is 4.55. The summed E-state index contributed by atoms with van der Waals surface area (Å²) in [5, 5.41) is 3.65. The van der Waals surface area contributed by atoms with Gasteiger partial charge in [-0.1, -0.05) is 6.07 Å². The maximum atomic E-state index is 13.4. The van der Waals surface area contributed by atoms with E-state index in [1.165, 1.54) is 6.33 Å². The number of ether oxygens (including phenoxy) is 1. The minimum Gasteiger partial charge on any atom is -0.497 e. The largest absolute Gasteiger partial charge is 0.497 e. The number of fused-ring (bicyclic) bond motifs is 3. The van der Waals surface area contributed by atoms with Crippen molar-refractivity contribution in [2.24, 2.45) is 0 Å². The van der Waals surface area contributed by atoms with Gasteiger partial charge in [0.25, 0.3) is 5.91 Å². The van der Waals surface area contributed by atoms with E-state index < -0.39 is 0 Å². The van der Waals surface area contributed by atoms with Crippen LogP contribution >= 0.6 is 0 Å². The molecule has 1 aromatic carbocycles. The minimum absolute atomic E-state index is 0.242. The van der Waals surface area contributed by atoms with Gasteiger partial charge in [0.05, 0.1) is 41.2 Å². The van der Waals surface area contributed by atoms with E-state index in [9.17, 15) is 4.79 Å². The van der Waals surface area contributed by atoms with Crippen LogP contribution < -0.4 is 10.1 Å². The van der Waals surface area contributed by atoms with Gasteiger partial charge >= 0.3 is 0 Å². The molecule has 0 saturated carbocycles. The van der Waals surface area contributed by atoms with Gasteiger partial charge < -0.3 is 14.5 Å². The number of aryl methyl sites for hydroxylation is 1. The number of nitrogens with zero attached hydrogens (tertiary/aromatic N) is 4. The molecule has 0 saturated heterocycles. The fourth-order valence-corrected chi connectivity index (χ4v) is 3.68. The summed E-state index contributed by atoms with van der Waals surface area (Å²) in [5.41, 5.74) is 5.00. The van der Waals surface area contributed by atoms with E-state index >= 15 is 0 Å². The van der Waals surface area contributed by atoms with E-state index in [0.717, 1.165) is 22.5 Å². The topological polar surface area (TPSA) is 81.4 Å². The molecule has 7 heteroatoms. The average molecular weight is 409 g/mol. The summed E-state index contributed by atoms with van der Waals surface area (Å²) in [6, 6.07) is 17.0. The number of anilines is 1. The molecular weight excluding hydrogens is 390 g/mol. The molecule has 0 atom stereocenters. The number of rotatable bonds is 4. The Bertz CT molecular complexity index is 1410. The zero-order chi connectivity index (χ0) is 21.4. The molecule has 4 heterocycles. The van der Waals surface area contributed by atoms with Crippen molar-refractivity contribution in [1.82, 2.24) is 19.4 Å². The van der Waals surface area contributed by atoms with Crippen LogP contribution in [0.1, 0.15) is 16.1 Å². The van der Waals surface area contributed by atoms with Crippen LogP contribution in [0.4, 0.5) is 5.69 Å². The third kappa shape index (κ3) is 3.26. The number of hydrogen-bond acceptors (Lipinski definition) is 5. The van der Waals surface area contributed by atoms with Crippen molar-refractivity contribution < 1.29 is 9.53 Å². The van der Waals surface area contributed by atoms with Gasteiger partial charge in [-0.3, -0.25) is 9.78 Å². The third-order valence-electron chi connectivity index (χ3n) is 5.18. The van der Waals surface area contributed by atoms with Gasteiger partial charge in [-0.05, 0) is 55.5 Å². The molecule has 0 unspecified atom stereocenters. The average Bonchev–Trinajstić information content (AvgIpc) is 3.15. The molecule has 31 heavy (non-hydrogen) atoms. The van der Waals surface area contributed by atoms with E-state index in [4.69, 9.17) is 4.74 Å². The first-order chi connectivity index (χ1) is 15.2. The second kappa shape index (κ2) is 7.53. The Balaban J connectivity index is 1.73. The first-order valence-electron chi connectivity index (χ1n) is 9.78. The normalized spacial score (nSPS) is 11.0. The molecule has 0 radical (unpaired) electrons. The van der Waals surface area contributed by atoms with Crippen LogP contribution in [-0.2, 0) is 0 Å². The molecule has 0 bridgehead atoms. The van der Waals surface area contributed by atoms with Gasteiger partial charge in [-0.25, -0.2) is 9.97 Å². The SMILES string of the molecule is COc1ccc(-c2ncnc3c2c(C(=O)Nc2ccc(C)nc2)c2ccccn23)cc1. The van der Waals surface area contributed by atoms with Crippen LogP contribution in [0.3, 0.4) is 0 Å². The highest BCUT2D eigenvalue weighted by atomic mass is 16.5. The maximum absolute atomic E-state index is 13.4. The highest BCUT2D eigenvalue weighted by molar-refractivity contribution is 6.20. The predicted molar refractivity (Wildman–Crippen MR) is 119 cm³/mol. The van der Waals surface area contributed by atoms with Crippen LogP contribution in [-0.4, -0.2) is 32.4 Å². The second-order valence-corrected chi connectivity index (χ2v) is 7.12. The number of benzene rings is 1. The number of hydrogen-bond donors (Lipinski definition) is 1. The lowest BCUT2D eigenvalue weighted by Gasteiger charge is -2.08. The lowest BCUT2D eigenvalue weighted by Crippen LogP contribution is -2.12. The molecule has 0 aliphatic rings. The van der Waals surface area contributed by atoms with Crippen LogP contribution in [0.2, 0.25) is 0 Å². The van der Waals surface area contributed by atoms with E-state index in [0.29, 0.717) is 28.0 Å². The van der Waals surface area contributed by atoms with Gasteiger partial charge in [0.2, 0.25) is 0 Å². The molecule has 152 valence electrons. The van der Waals surface area contributed by atoms with Crippen molar-refractivity contribution in [2.75, 3.05) is 12.4 Å². The Hall–Kier alpha value is -4.26. The molecule has 5 rings (SSSR count). The lowest BCUT2D eigenvalue weighted by molar-refractivity contribution is 0.102. The molecule has 1 amide bonds. The zero-order valence-electron chi connectivity index (χ0n) is 17.0. The highest BCUT2D eigenvalue weighted by Gasteiger charge is 2.23. The van der Waals surface area contributed by atoms with Gasteiger partial charge in [0.1, 0.15) is 17.7 Å². The molecule has 0 fully saturated rings. The Morgan fingerprint density at radius 2 is 1.84 bits per heavy atom. The Morgan fingerprint density at radius 1 is 1.00 bits per heavy atom. The van der Waals surface area contributed by atoms with Gasteiger partial charge in [0.15, 0.2) is 0 Å². The molecule has 0 aliphatic heterocycles. The summed E-state index contributed by atoms with van der Waals surface area (Å²) in [5.74, 6) is 0.509. The fourth-order valence-electron chi connectivity index (χ4n) is 3.68. The van der Waals surface area contributed by atoms with E-state index in [-0.39, 0.29) is 5.91 Å². The summed E-state index contributed by atoms with van der Waals surface area (Å²) in [6.07, 6.45) is 5.06. The first-order valence-corrected chi connectivity index (χ1v) is 9.78. The first kappa shape index (κ1) is 18.7. The summed E-state index contributed by atoms with van der Waals surface area (Å²) >= 11 is 0. The van der Waals surface area contributed by atoms with Gasteiger partial charge in [0, 0.05) is 17.5 Å². The smallest absolute Gasteiger partial charge is 0.258 e. The van der Waals surface area contributed by atoms with Crippen molar-refractivity contribution in [1.29, 1.82) is 0 Å². The number of methoxy groups -OCH3 is 1. The van der Waals surface area contributed by atoms with Crippen LogP contribution in [0, 0.1) is 6.92 Å². The van der Waals surface area contributed by atoms with Crippen LogP contribution in [0.15, 0.2) is 73.3 Å². The lowest BCUT2D eigenvalue weighted by atomic mass is 10.0. The number of nitrogens with one attached hydrogen (secondary N) is 1. The number of pyridine rings is 2. The summed E-state index contributed by atoms with van der Waals surface area (Å²) < 4.78 is 7.18. The monoisotopic (exact) mass is 409 g/mol. The quantitative estimate of drug-likeness (QED) is 0.472. The molecular formula is C24H19N5O2. The summed E-state index contributed by atoms with van der Waals surface area (Å²) in [7, 11) is 1.63. The van der Waals surface area contributed by atoms with Crippen molar-refractivity contribution in [2.45, 2.75) is 6.92 Å². The Morgan fingerprint density at radius 3 is 2.58 bits per heavy atom. The molecule has 0 spiro atoms. The molecule has 0 aliphatic carbocycles. The van der Waals surface area contributed by atoms with Crippen LogP contribution in [0.25, 0.3) is 27.8 Å². The maximum Gasteiger partial charge on any atom is 0.258 e. The van der Waals surface area contributed by atoms with Crippen molar-refractivity contribution in [3.05, 3.63) is 84.6 Å². The van der Waals surface area contributed by atoms with Crippen LogP contribution in [0.5, 0.6) is 5.75 Å². The van der Waals surface area contributed by atoms with E-state index in [1.54, 1.807) is 13.3 Å². The van der Waals surface area contributed by atoms with Gasteiger partial charge in [-0.15, -0.1) is 0 Å². The fraction of sp³-hybridized carbons (Fsp3) is 0.0833. The van der Waals surface area contributed by atoms with Crippen molar-refractivity contribution in [3.8, 4) is 17.0 Å². The van der Waals surface area contributed by atoms with Gasteiger partial charge in [-0.2, -0.15) is 0 Å². The molecule has 1 N–H and O–H groups in total. The number of aromatic nitrogens is 4. The molecule has 7 nitrogen and oxygen atoms in total. The third-order valence-corrected chi connectivity index (χ3v) is 5.18. The number of carbonyl (C=O) groups excluding carboxylic acids is 1. The second-order valence-electron chi connectivity index (χ2n) is 7.12. The zero-order valence-corrected chi connectivity index (χ0v) is 17.0.